The fourth-order valence-corrected chi connectivity index (χ4v) is 2.73. The van der Waals surface area contributed by atoms with Crippen molar-refractivity contribution in [2.24, 2.45) is 0 Å². The number of pyridine rings is 1. The Hall–Kier alpha value is -2.69. The van der Waals surface area contributed by atoms with Gasteiger partial charge in [0.1, 0.15) is 11.9 Å². The number of aromatic nitrogens is 1. The van der Waals surface area contributed by atoms with Crippen molar-refractivity contribution < 1.29 is 19.0 Å². The van der Waals surface area contributed by atoms with Gasteiger partial charge in [-0.05, 0) is 19.1 Å². The van der Waals surface area contributed by atoms with Crippen molar-refractivity contribution in [3.8, 4) is 17.6 Å². The van der Waals surface area contributed by atoms with Gasteiger partial charge in [-0.15, -0.1) is 0 Å². The predicted octanol–water partition coefficient (Wildman–Crippen LogP) is 3.87. The first kappa shape index (κ1) is 19.6. The lowest BCUT2D eigenvalue weighted by Gasteiger charge is -2.18. The second-order valence-electron chi connectivity index (χ2n) is 5.08. The number of carboxylic acid groups (broad SMARTS) is 1. The number of carbonyl (C=O) groups is 1. The second kappa shape index (κ2) is 8.61. The Labute approximate surface area is 159 Å². The molecule has 0 fully saturated rings. The largest absolute Gasteiger partial charge is 0.482 e. The summed E-state index contributed by atoms with van der Waals surface area (Å²) in [5.74, 6) is 5.05. The molecule has 0 aliphatic carbocycles. The summed E-state index contributed by atoms with van der Waals surface area (Å²) < 4.78 is 19.4. The molecule has 0 aliphatic heterocycles. The van der Waals surface area contributed by atoms with Crippen molar-refractivity contribution in [2.75, 3.05) is 12.3 Å². The van der Waals surface area contributed by atoms with Gasteiger partial charge in [0.15, 0.2) is 11.6 Å². The molecule has 0 radical (unpaired) electrons. The summed E-state index contributed by atoms with van der Waals surface area (Å²) in [6.45, 7) is 1.60. The van der Waals surface area contributed by atoms with Crippen LogP contribution in [-0.2, 0) is 0 Å². The van der Waals surface area contributed by atoms with Gasteiger partial charge in [0, 0.05) is 28.4 Å². The van der Waals surface area contributed by atoms with Crippen molar-refractivity contribution in [1.82, 2.24) is 10.3 Å². The third-order valence-corrected chi connectivity index (χ3v) is 3.95. The van der Waals surface area contributed by atoms with Crippen LogP contribution in [0.25, 0.3) is 0 Å². The third-order valence-electron chi connectivity index (χ3n) is 3.23. The van der Waals surface area contributed by atoms with Crippen LogP contribution in [0.5, 0.6) is 5.75 Å². The molecule has 0 aliphatic rings. The Kier molecular flexibility index (Phi) is 6.50. The second-order valence-corrected chi connectivity index (χ2v) is 5.87. The molecule has 1 heterocycles. The SMILES string of the molecule is CC(Oc1cc(C#CCNC(=O)O)cnc1N)c1c(Cl)ccc(F)c1Cl. The zero-order valence-corrected chi connectivity index (χ0v) is 15.0. The molecular weight excluding hydrogens is 384 g/mol. The van der Waals surface area contributed by atoms with Crippen LogP contribution >= 0.6 is 23.2 Å². The van der Waals surface area contributed by atoms with E-state index < -0.39 is 18.0 Å². The number of nitrogens with one attached hydrogen (secondary N) is 1. The average Bonchev–Trinajstić information content (AvgIpc) is 2.58. The van der Waals surface area contributed by atoms with E-state index >= 15 is 0 Å². The number of halogens is 3. The molecule has 136 valence electrons. The van der Waals surface area contributed by atoms with E-state index in [0.29, 0.717) is 5.56 Å². The van der Waals surface area contributed by atoms with E-state index in [2.05, 4.69) is 22.1 Å². The third kappa shape index (κ3) is 4.91. The van der Waals surface area contributed by atoms with Gasteiger partial charge in [0.2, 0.25) is 0 Å². The smallest absolute Gasteiger partial charge is 0.405 e. The number of rotatable bonds is 4. The van der Waals surface area contributed by atoms with E-state index in [-0.39, 0.29) is 33.7 Å². The van der Waals surface area contributed by atoms with E-state index in [1.54, 1.807) is 6.92 Å². The predicted molar refractivity (Wildman–Crippen MR) is 97.0 cm³/mol. The van der Waals surface area contributed by atoms with Crippen molar-refractivity contribution in [3.05, 3.63) is 51.4 Å². The molecule has 2 rings (SSSR count). The Morgan fingerprint density at radius 3 is 2.92 bits per heavy atom. The number of hydrogen-bond donors (Lipinski definition) is 3. The number of ether oxygens (including phenoxy) is 1. The number of anilines is 1. The number of nitrogen functional groups attached to an aromatic ring is 1. The fraction of sp³-hybridized carbons (Fsp3) is 0.176. The molecule has 1 atom stereocenters. The lowest BCUT2D eigenvalue weighted by Crippen LogP contribution is -2.20. The molecule has 0 saturated carbocycles. The van der Waals surface area contributed by atoms with Gasteiger partial charge >= 0.3 is 6.09 Å². The van der Waals surface area contributed by atoms with Crippen molar-refractivity contribution in [2.45, 2.75) is 13.0 Å². The minimum atomic E-state index is -1.17. The molecule has 0 saturated heterocycles. The van der Waals surface area contributed by atoms with Crippen LogP contribution in [0, 0.1) is 17.7 Å². The molecule has 26 heavy (non-hydrogen) atoms. The fourth-order valence-electron chi connectivity index (χ4n) is 2.05. The highest BCUT2D eigenvalue weighted by Gasteiger charge is 2.19. The highest BCUT2D eigenvalue weighted by atomic mass is 35.5. The highest BCUT2D eigenvalue weighted by Crippen LogP contribution is 2.35. The highest BCUT2D eigenvalue weighted by molar-refractivity contribution is 6.36. The lowest BCUT2D eigenvalue weighted by molar-refractivity contribution is 0.196. The first-order chi connectivity index (χ1) is 12.3. The first-order valence-corrected chi connectivity index (χ1v) is 8.06. The molecular formula is C17H14Cl2FN3O3. The number of nitrogens with zero attached hydrogens (tertiary/aromatic N) is 1. The van der Waals surface area contributed by atoms with Gasteiger partial charge in [-0.25, -0.2) is 14.2 Å². The summed E-state index contributed by atoms with van der Waals surface area (Å²) in [7, 11) is 0. The van der Waals surface area contributed by atoms with Gasteiger partial charge in [0.05, 0.1) is 11.6 Å². The Morgan fingerprint density at radius 1 is 1.50 bits per heavy atom. The van der Waals surface area contributed by atoms with Crippen LogP contribution in [0.15, 0.2) is 24.4 Å². The molecule has 1 amide bonds. The maximum absolute atomic E-state index is 13.7. The zero-order valence-electron chi connectivity index (χ0n) is 13.5. The monoisotopic (exact) mass is 397 g/mol. The Balaban J connectivity index is 2.23. The maximum atomic E-state index is 13.7. The minimum absolute atomic E-state index is 0.0409. The summed E-state index contributed by atoms with van der Waals surface area (Å²) in [5, 5.41) is 10.7. The minimum Gasteiger partial charge on any atom is -0.482 e. The van der Waals surface area contributed by atoms with Crippen LogP contribution in [-0.4, -0.2) is 22.7 Å². The van der Waals surface area contributed by atoms with E-state index in [0.717, 1.165) is 6.07 Å². The zero-order chi connectivity index (χ0) is 19.3. The van der Waals surface area contributed by atoms with E-state index in [1.807, 2.05) is 0 Å². The summed E-state index contributed by atoms with van der Waals surface area (Å²) in [6, 6.07) is 4.09. The van der Waals surface area contributed by atoms with Gasteiger partial charge in [-0.3, -0.25) is 0 Å². The maximum Gasteiger partial charge on any atom is 0.405 e. The van der Waals surface area contributed by atoms with Gasteiger partial charge in [0.25, 0.3) is 0 Å². The van der Waals surface area contributed by atoms with E-state index in [1.165, 1.54) is 18.3 Å². The van der Waals surface area contributed by atoms with Crippen LogP contribution in [0.1, 0.15) is 24.2 Å². The first-order valence-electron chi connectivity index (χ1n) is 7.30. The molecule has 1 unspecified atom stereocenters. The average molecular weight is 398 g/mol. The quantitative estimate of drug-likeness (QED) is 0.537. The number of nitrogens with two attached hydrogens (primary N) is 1. The summed E-state index contributed by atoms with van der Waals surface area (Å²) in [4.78, 5) is 14.3. The van der Waals surface area contributed by atoms with Gasteiger partial charge in [-0.1, -0.05) is 35.0 Å². The van der Waals surface area contributed by atoms with Crippen molar-refractivity contribution in [1.29, 1.82) is 0 Å². The molecule has 4 N–H and O–H groups in total. The summed E-state index contributed by atoms with van der Waals surface area (Å²) in [5.41, 5.74) is 6.55. The number of amides is 1. The van der Waals surface area contributed by atoms with Crippen LogP contribution in [0.4, 0.5) is 15.0 Å². The van der Waals surface area contributed by atoms with E-state index in [9.17, 15) is 9.18 Å². The summed E-state index contributed by atoms with van der Waals surface area (Å²) in [6.07, 6.45) is -0.453. The van der Waals surface area contributed by atoms with Crippen LogP contribution in [0.2, 0.25) is 10.0 Å². The van der Waals surface area contributed by atoms with Crippen LogP contribution in [0.3, 0.4) is 0 Å². The molecule has 0 bridgehead atoms. The van der Waals surface area contributed by atoms with E-state index in [4.69, 9.17) is 38.8 Å². The topological polar surface area (TPSA) is 97.5 Å². The number of benzene rings is 1. The molecule has 1 aromatic heterocycles. The van der Waals surface area contributed by atoms with Crippen LogP contribution < -0.4 is 15.8 Å². The van der Waals surface area contributed by atoms with Crippen molar-refractivity contribution in [3.63, 3.8) is 0 Å². The number of hydrogen-bond acceptors (Lipinski definition) is 4. The lowest BCUT2D eigenvalue weighted by atomic mass is 10.1. The molecule has 2 aromatic rings. The molecule has 9 heteroatoms. The standard InChI is InChI=1S/C17H14Cl2FN3O3/c1-9(14-11(18)4-5-12(20)15(14)19)26-13-7-10(8-23-16(13)21)3-2-6-22-17(24)25/h4-5,7-9,22H,6H2,1H3,(H2,21,23)(H,24,25). The normalized spacial score (nSPS) is 11.2. The van der Waals surface area contributed by atoms with Gasteiger partial charge < -0.3 is 20.9 Å². The Bertz CT molecular complexity index is 897. The molecule has 0 spiro atoms. The molecule has 1 aromatic carbocycles. The Morgan fingerprint density at radius 2 is 2.23 bits per heavy atom. The molecule has 6 nitrogen and oxygen atoms in total. The summed E-state index contributed by atoms with van der Waals surface area (Å²) >= 11 is 12.1. The van der Waals surface area contributed by atoms with Gasteiger partial charge in [-0.2, -0.15) is 0 Å². The van der Waals surface area contributed by atoms with Crippen molar-refractivity contribution >= 4 is 35.1 Å².